The molecule has 1 aromatic carbocycles. The van der Waals surface area contributed by atoms with E-state index in [4.69, 9.17) is 31.4 Å². The van der Waals surface area contributed by atoms with Crippen molar-refractivity contribution in [3.63, 3.8) is 0 Å². The minimum atomic E-state index is -2.17. The van der Waals surface area contributed by atoms with Crippen molar-refractivity contribution in [2.75, 3.05) is 0 Å². The fraction of sp³-hybridized carbons (Fsp3) is 0.538. The largest absolute Gasteiger partial charge is 0.631 e. The first-order valence-electron chi connectivity index (χ1n) is 6.10. The fourth-order valence-electron chi connectivity index (χ4n) is 1.07. The van der Waals surface area contributed by atoms with Gasteiger partial charge in [-0.1, -0.05) is 23.7 Å². The lowest BCUT2D eigenvalue weighted by Gasteiger charge is -2.37. The molecule has 0 amide bonds. The molecule has 1 rings (SSSR count). The van der Waals surface area contributed by atoms with Crippen molar-refractivity contribution < 1.29 is 24.9 Å². The number of ether oxygens (including phenoxy) is 1. The highest BCUT2D eigenvalue weighted by atomic mass is 35.5. The minimum Gasteiger partial charge on any atom is -0.402 e. The summed E-state index contributed by atoms with van der Waals surface area (Å²) in [6.07, 6.45) is 0. The Morgan fingerprint density at radius 2 is 1.65 bits per heavy atom. The molecule has 20 heavy (non-hydrogen) atoms. The molecule has 0 unspecified atom stereocenters. The predicted molar refractivity (Wildman–Crippen MR) is 79.0 cm³/mol. The van der Waals surface area contributed by atoms with E-state index in [-0.39, 0.29) is 0 Å². The van der Waals surface area contributed by atoms with Crippen LogP contribution in [-0.2, 0) is 11.3 Å². The van der Waals surface area contributed by atoms with E-state index in [0.717, 1.165) is 5.56 Å². The summed E-state index contributed by atoms with van der Waals surface area (Å²) in [4.78, 5) is 0. The monoisotopic (exact) mass is 304 g/mol. The maximum absolute atomic E-state index is 9.93. The Kier molecular flexibility index (Phi) is 7.73. The van der Waals surface area contributed by atoms with Crippen LogP contribution in [0.1, 0.15) is 33.3 Å². The van der Waals surface area contributed by atoms with Crippen molar-refractivity contribution in [1.29, 1.82) is 0 Å². The van der Waals surface area contributed by atoms with E-state index in [0.29, 0.717) is 11.6 Å². The lowest BCUT2D eigenvalue weighted by Crippen LogP contribution is -2.47. The van der Waals surface area contributed by atoms with E-state index in [9.17, 15) is 5.11 Å². The summed E-state index contributed by atoms with van der Waals surface area (Å²) in [6, 6.07) is 7.53. The zero-order valence-electron chi connectivity index (χ0n) is 12.2. The Morgan fingerprint density at radius 3 is 2.05 bits per heavy atom. The third-order valence-electron chi connectivity index (χ3n) is 2.96. The highest BCUT2D eigenvalue weighted by Gasteiger charge is 2.35. The van der Waals surface area contributed by atoms with Crippen molar-refractivity contribution in [2.24, 2.45) is 0 Å². The van der Waals surface area contributed by atoms with Crippen LogP contribution in [0.5, 0.6) is 0 Å². The molecule has 0 radical (unpaired) electrons. The standard InChI is InChI=1S/C13H19ClO2.BH3O3/c1-12(2,15)13(3,4)16-9-10-6-5-7-11(14)8-10;2-1(3)4/h5-8,15H,9H2,1-4H3;2-4H. The zero-order valence-corrected chi connectivity index (χ0v) is 12.9. The van der Waals surface area contributed by atoms with Crippen molar-refractivity contribution in [1.82, 2.24) is 0 Å². The fourth-order valence-corrected chi connectivity index (χ4v) is 1.28. The van der Waals surface area contributed by atoms with Gasteiger partial charge in [-0.3, -0.25) is 0 Å². The molecule has 0 aliphatic carbocycles. The number of aliphatic hydroxyl groups is 1. The molecular formula is C13H22BClO5. The second kappa shape index (κ2) is 7.97. The summed E-state index contributed by atoms with van der Waals surface area (Å²) in [5.41, 5.74) is -0.481. The van der Waals surface area contributed by atoms with Gasteiger partial charge in [0.1, 0.15) is 0 Å². The summed E-state index contributed by atoms with van der Waals surface area (Å²) in [5, 5.41) is 32.1. The van der Waals surface area contributed by atoms with Crippen LogP contribution in [0.3, 0.4) is 0 Å². The molecule has 4 N–H and O–H groups in total. The highest BCUT2D eigenvalue weighted by Crippen LogP contribution is 2.26. The number of benzene rings is 1. The van der Waals surface area contributed by atoms with E-state index in [1.165, 1.54) is 0 Å². The van der Waals surface area contributed by atoms with Gasteiger partial charge >= 0.3 is 7.32 Å². The van der Waals surface area contributed by atoms with Gasteiger partial charge in [-0.25, -0.2) is 0 Å². The van der Waals surface area contributed by atoms with Crippen LogP contribution in [0.25, 0.3) is 0 Å². The number of halogens is 1. The van der Waals surface area contributed by atoms with E-state index in [1.54, 1.807) is 13.8 Å². The Bertz CT molecular complexity index is 401. The lowest BCUT2D eigenvalue weighted by atomic mass is 9.89. The second-order valence-electron chi connectivity index (χ2n) is 5.33. The SMILES string of the molecule is CC(C)(O)C(C)(C)OCc1cccc(Cl)c1.OB(O)O. The molecule has 0 aliphatic heterocycles. The molecule has 7 heteroatoms. The quantitative estimate of drug-likeness (QED) is 0.631. The molecule has 5 nitrogen and oxygen atoms in total. The van der Waals surface area contributed by atoms with Gasteiger partial charge < -0.3 is 24.9 Å². The summed E-state index contributed by atoms with van der Waals surface area (Å²) in [5.74, 6) is 0. The smallest absolute Gasteiger partial charge is 0.402 e. The normalized spacial score (nSPS) is 11.7. The topological polar surface area (TPSA) is 90.2 Å². The van der Waals surface area contributed by atoms with Gasteiger partial charge in [0.2, 0.25) is 0 Å². The molecule has 0 spiro atoms. The molecule has 0 bridgehead atoms. The van der Waals surface area contributed by atoms with E-state index in [2.05, 4.69) is 0 Å². The predicted octanol–water partition coefficient (Wildman–Crippen LogP) is 1.35. The van der Waals surface area contributed by atoms with Gasteiger partial charge in [0.25, 0.3) is 0 Å². The maximum atomic E-state index is 9.93. The van der Waals surface area contributed by atoms with E-state index < -0.39 is 18.5 Å². The summed E-state index contributed by atoms with van der Waals surface area (Å²) in [6.45, 7) is 7.67. The number of hydrogen-bond acceptors (Lipinski definition) is 5. The molecule has 0 aliphatic rings. The van der Waals surface area contributed by atoms with Crippen LogP contribution >= 0.6 is 11.6 Å². The van der Waals surface area contributed by atoms with Crippen LogP contribution < -0.4 is 0 Å². The third kappa shape index (κ3) is 7.84. The van der Waals surface area contributed by atoms with Crippen molar-refractivity contribution in [3.05, 3.63) is 34.9 Å². The molecular weight excluding hydrogens is 282 g/mol. The van der Waals surface area contributed by atoms with Crippen molar-refractivity contribution in [2.45, 2.75) is 45.5 Å². The first kappa shape index (κ1) is 19.4. The summed E-state index contributed by atoms with van der Waals surface area (Å²) < 4.78 is 5.73. The Morgan fingerprint density at radius 1 is 1.15 bits per heavy atom. The van der Waals surface area contributed by atoms with Crippen LogP contribution in [-0.4, -0.2) is 38.7 Å². The van der Waals surface area contributed by atoms with Crippen molar-refractivity contribution in [3.8, 4) is 0 Å². The van der Waals surface area contributed by atoms with Gasteiger partial charge in [0.05, 0.1) is 17.8 Å². The first-order valence-corrected chi connectivity index (χ1v) is 6.48. The molecule has 1 aromatic rings. The molecule has 0 heterocycles. The summed E-state index contributed by atoms with van der Waals surface area (Å²) >= 11 is 5.88. The van der Waals surface area contributed by atoms with Crippen LogP contribution in [0.15, 0.2) is 24.3 Å². The molecule has 0 saturated heterocycles. The summed E-state index contributed by atoms with van der Waals surface area (Å²) in [7, 11) is -2.17. The lowest BCUT2D eigenvalue weighted by molar-refractivity contribution is -0.153. The number of rotatable bonds is 4. The van der Waals surface area contributed by atoms with Gasteiger partial charge in [0.15, 0.2) is 0 Å². The Labute approximate surface area is 125 Å². The van der Waals surface area contributed by atoms with Gasteiger partial charge in [-0.2, -0.15) is 0 Å². The van der Waals surface area contributed by atoms with Crippen LogP contribution in [0.4, 0.5) is 0 Å². The molecule has 0 aromatic heterocycles. The van der Waals surface area contributed by atoms with Crippen molar-refractivity contribution >= 4 is 18.9 Å². The van der Waals surface area contributed by atoms with E-state index >= 15 is 0 Å². The van der Waals surface area contributed by atoms with Gasteiger partial charge in [-0.15, -0.1) is 0 Å². The van der Waals surface area contributed by atoms with Crippen LogP contribution in [0, 0.1) is 0 Å². The Hall–Kier alpha value is -0.625. The van der Waals surface area contributed by atoms with Gasteiger partial charge in [0, 0.05) is 5.02 Å². The minimum absolute atomic E-state index is 0.442. The highest BCUT2D eigenvalue weighted by molar-refractivity contribution is 6.30. The number of hydrogen-bond donors (Lipinski definition) is 4. The molecule has 0 fully saturated rings. The van der Waals surface area contributed by atoms with E-state index in [1.807, 2.05) is 38.1 Å². The zero-order chi connectivity index (χ0) is 16.0. The average molecular weight is 305 g/mol. The maximum Gasteiger partial charge on any atom is 0.631 e. The molecule has 0 saturated carbocycles. The van der Waals surface area contributed by atoms with Crippen LogP contribution in [0.2, 0.25) is 5.02 Å². The average Bonchev–Trinajstić information content (AvgIpc) is 2.24. The third-order valence-corrected chi connectivity index (χ3v) is 3.20. The first-order chi connectivity index (χ1) is 8.95. The Balaban J connectivity index is 0.000000796. The second-order valence-corrected chi connectivity index (χ2v) is 5.77. The van der Waals surface area contributed by atoms with Gasteiger partial charge in [-0.05, 0) is 45.4 Å². The molecule has 114 valence electrons. The molecule has 0 atom stereocenters.